The van der Waals surface area contributed by atoms with Crippen molar-refractivity contribution in [2.45, 2.75) is 0 Å². The van der Waals surface area contributed by atoms with Crippen LogP contribution in [-0.2, 0) is 0 Å². The van der Waals surface area contributed by atoms with Gasteiger partial charge < -0.3 is 10.8 Å². The summed E-state index contributed by atoms with van der Waals surface area (Å²) < 4.78 is 0. The number of hydrogen-bond donors (Lipinski definition) is 3. The maximum absolute atomic E-state index is 11.2. The molecule has 12 heteroatoms. The number of non-ortho nitro benzene ring substituents is 1. The fraction of sp³-hybridized carbons (Fsp3) is 0. The highest BCUT2D eigenvalue weighted by atomic mass is 16.6. The predicted octanol–water partition coefficient (Wildman–Crippen LogP) is 0.0926. The van der Waals surface area contributed by atoms with Gasteiger partial charge in [-0.25, -0.2) is 0 Å². The summed E-state index contributed by atoms with van der Waals surface area (Å²) in [5.41, 5.74) is 2.32. The summed E-state index contributed by atoms with van der Waals surface area (Å²) in [7, 11) is 0. The van der Waals surface area contributed by atoms with Gasteiger partial charge in [0, 0.05) is 6.07 Å². The fourth-order valence-electron chi connectivity index (χ4n) is 1.62. The summed E-state index contributed by atoms with van der Waals surface area (Å²) in [5, 5.41) is 40.5. The lowest BCUT2D eigenvalue weighted by Gasteiger charge is -2.03. The second-order valence-corrected chi connectivity index (χ2v) is 3.76. The first-order valence-electron chi connectivity index (χ1n) is 5.19. The first-order valence-corrected chi connectivity index (χ1v) is 5.19. The second kappa shape index (κ2) is 4.84. The van der Waals surface area contributed by atoms with Crippen LogP contribution in [-0.4, -0.2) is 36.3 Å². The number of phenols is 1. The highest BCUT2D eigenvalue weighted by molar-refractivity contribution is 5.98. The normalized spacial score (nSPS) is 10.3. The minimum absolute atomic E-state index is 0.327. The molecular weight excluding hydrogens is 288 g/mol. The predicted molar refractivity (Wildman–Crippen MR) is 65.3 cm³/mol. The topological polar surface area (TPSA) is 191 Å². The molecule has 0 bridgehead atoms. The van der Waals surface area contributed by atoms with E-state index in [4.69, 9.17) is 5.73 Å². The molecule has 0 saturated heterocycles. The Balaban J connectivity index is 2.78. The van der Waals surface area contributed by atoms with Gasteiger partial charge in [0.2, 0.25) is 5.75 Å². The molecule has 0 saturated carbocycles. The molecule has 12 nitrogen and oxygen atoms in total. The van der Waals surface area contributed by atoms with Crippen LogP contribution < -0.4 is 5.73 Å². The number of nitrogens with zero attached hydrogens (tertiary/aromatic N) is 4. The molecule has 21 heavy (non-hydrogen) atoms. The average molecular weight is 294 g/mol. The van der Waals surface area contributed by atoms with Crippen molar-refractivity contribution in [3.63, 3.8) is 0 Å². The lowest BCUT2D eigenvalue weighted by molar-refractivity contribution is -0.394. The summed E-state index contributed by atoms with van der Waals surface area (Å²) in [6.07, 6.45) is 0. The second-order valence-electron chi connectivity index (χ2n) is 3.76. The zero-order valence-corrected chi connectivity index (χ0v) is 10.0. The number of aromatic nitrogens is 3. The van der Waals surface area contributed by atoms with Gasteiger partial charge in [0.15, 0.2) is 5.69 Å². The molecule has 0 aliphatic rings. The number of nitro benzene ring substituents is 2. The van der Waals surface area contributed by atoms with Crippen LogP contribution in [0.25, 0.3) is 11.3 Å². The van der Waals surface area contributed by atoms with Gasteiger partial charge in [-0.2, -0.15) is 15.4 Å². The lowest BCUT2D eigenvalue weighted by Crippen LogP contribution is -2.12. The summed E-state index contributed by atoms with van der Waals surface area (Å²) >= 11 is 0. The largest absolute Gasteiger partial charge is 0.502 e. The van der Waals surface area contributed by atoms with E-state index in [2.05, 4.69) is 15.4 Å². The first kappa shape index (κ1) is 13.9. The van der Waals surface area contributed by atoms with Crippen molar-refractivity contribution in [2.24, 2.45) is 5.73 Å². The summed E-state index contributed by atoms with van der Waals surface area (Å²) in [4.78, 5) is 30.9. The van der Waals surface area contributed by atoms with Crippen molar-refractivity contribution < 1.29 is 19.7 Å². The number of H-pyrrole nitrogens is 1. The Bertz CT molecular complexity index is 768. The van der Waals surface area contributed by atoms with Crippen LogP contribution in [0.3, 0.4) is 0 Å². The number of aromatic hydroxyl groups is 1. The third kappa shape index (κ3) is 2.32. The number of rotatable bonds is 4. The molecule has 0 fully saturated rings. The van der Waals surface area contributed by atoms with Crippen LogP contribution in [0.4, 0.5) is 11.4 Å². The number of nitro groups is 2. The molecule has 2 rings (SSSR count). The molecule has 0 unspecified atom stereocenters. The molecule has 0 spiro atoms. The number of phenolic OH excluding ortho intramolecular Hbond substituents is 1. The lowest BCUT2D eigenvalue weighted by atomic mass is 10.1. The number of primary amides is 1. The Morgan fingerprint density at radius 2 is 1.90 bits per heavy atom. The van der Waals surface area contributed by atoms with E-state index in [1.807, 2.05) is 0 Å². The number of nitrogens with one attached hydrogen (secondary N) is 1. The number of nitrogens with two attached hydrogens (primary N) is 1. The van der Waals surface area contributed by atoms with Crippen molar-refractivity contribution in [2.75, 3.05) is 0 Å². The molecule has 0 aliphatic heterocycles. The van der Waals surface area contributed by atoms with Crippen LogP contribution >= 0.6 is 0 Å². The van der Waals surface area contributed by atoms with Crippen molar-refractivity contribution >= 4 is 17.3 Å². The highest BCUT2D eigenvalue weighted by Crippen LogP contribution is 2.40. The highest BCUT2D eigenvalue weighted by Gasteiger charge is 2.28. The van der Waals surface area contributed by atoms with E-state index in [-0.39, 0.29) is 5.69 Å². The van der Waals surface area contributed by atoms with Gasteiger partial charge in [-0.15, -0.1) is 0 Å². The minimum Gasteiger partial charge on any atom is -0.502 e. The molecule has 1 aromatic carbocycles. The van der Waals surface area contributed by atoms with Gasteiger partial charge in [-0.3, -0.25) is 25.0 Å². The number of benzene rings is 1. The third-order valence-electron chi connectivity index (χ3n) is 2.52. The van der Waals surface area contributed by atoms with E-state index < -0.39 is 44.1 Å². The molecule has 1 aromatic heterocycles. The molecular formula is C9H6N6O6. The SMILES string of the molecule is NC(=O)c1n[nH]nc1-c1cc([N+](=O)[O-])cc([N+](=O)[O-])c1O. The quantitative estimate of drug-likeness (QED) is 0.521. The molecule has 2 aromatic rings. The van der Waals surface area contributed by atoms with E-state index in [9.17, 15) is 30.1 Å². The van der Waals surface area contributed by atoms with Crippen LogP contribution in [0.1, 0.15) is 10.5 Å². The van der Waals surface area contributed by atoms with Gasteiger partial charge >= 0.3 is 5.69 Å². The maximum Gasteiger partial charge on any atom is 0.318 e. The van der Waals surface area contributed by atoms with E-state index in [1.54, 1.807) is 0 Å². The van der Waals surface area contributed by atoms with E-state index in [0.717, 1.165) is 6.07 Å². The monoisotopic (exact) mass is 294 g/mol. The Morgan fingerprint density at radius 3 is 2.43 bits per heavy atom. The van der Waals surface area contributed by atoms with Crippen molar-refractivity contribution in [1.82, 2.24) is 15.4 Å². The number of aromatic amines is 1. The molecule has 1 heterocycles. The molecule has 0 atom stereocenters. The Hall–Kier alpha value is -3.57. The van der Waals surface area contributed by atoms with E-state index >= 15 is 0 Å². The Kier molecular flexibility index (Phi) is 3.19. The van der Waals surface area contributed by atoms with Crippen molar-refractivity contribution in [1.29, 1.82) is 0 Å². The molecule has 1 amide bonds. The van der Waals surface area contributed by atoms with Gasteiger partial charge in [0.05, 0.1) is 21.5 Å². The Labute approximate surface area is 114 Å². The Morgan fingerprint density at radius 1 is 1.24 bits per heavy atom. The molecule has 108 valence electrons. The fourth-order valence-corrected chi connectivity index (χ4v) is 1.62. The van der Waals surface area contributed by atoms with Gasteiger partial charge in [-0.05, 0) is 0 Å². The molecule has 0 radical (unpaired) electrons. The number of amides is 1. The number of hydrogen-bond acceptors (Lipinski definition) is 8. The van der Waals surface area contributed by atoms with Crippen molar-refractivity contribution in [3.8, 4) is 17.0 Å². The van der Waals surface area contributed by atoms with Crippen molar-refractivity contribution in [3.05, 3.63) is 38.1 Å². The van der Waals surface area contributed by atoms with Crippen LogP contribution in [0.5, 0.6) is 5.75 Å². The minimum atomic E-state index is -1.02. The maximum atomic E-state index is 11.2. The number of carbonyl (C=O) groups excluding carboxylic acids is 1. The van der Waals surface area contributed by atoms with Crippen LogP contribution in [0.2, 0.25) is 0 Å². The third-order valence-corrected chi connectivity index (χ3v) is 2.52. The first-order chi connectivity index (χ1) is 9.82. The van der Waals surface area contributed by atoms with Gasteiger partial charge in [-0.1, -0.05) is 0 Å². The zero-order chi connectivity index (χ0) is 15.7. The summed E-state index contributed by atoms with van der Waals surface area (Å²) in [5.74, 6) is -1.91. The zero-order valence-electron chi connectivity index (χ0n) is 10.0. The standard InChI is InChI=1S/C9H6N6O6/c10-9(17)7-6(11-13-12-7)4-1-3(14(18)19)2-5(8(4)16)15(20)21/h1-2,16H,(H2,10,17)(H,11,12,13). The molecule has 0 aliphatic carbocycles. The van der Waals surface area contributed by atoms with E-state index in [0.29, 0.717) is 6.07 Å². The average Bonchev–Trinajstić information content (AvgIpc) is 2.87. The van der Waals surface area contributed by atoms with Gasteiger partial charge in [0.25, 0.3) is 11.6 Å². The van der Waals surface area contributed by atoms with Crippen LogP contribution in [0, 0.1) is 20.2 Å². The summed E-state index contributed by atoms with van der Waals surface area (Å²) in [6, 6.07) is 1.41. The smallest absolute Gasteiger partial charge is 0.318 e. The molecule has 4 N–H and O–H groups in total. The number of carbonyl (C=O) groups is 1. The van der Waals surface area contributed by atoms with E-state index in [1.165, 1.54) is 0 Å². The van der Waals surface area contributed by atoms with Crippen LogP contribution in [0.15, 0.2) is 12.1 Å². The van der Waals surface area contributed by atoms with Gasteiger partial charge in [0.1, 0.15) is 5.69 Å². The summed E-state index contributed by atoms with van der Waals surface area (Å²) in [6.45, 7) is 0.